The van der Waals surface area contributed by atoms with Gasteiger partial charge in [0.2, 0.25) is 0 Å². The highest BCUT2D eigenvalue weighted by molar-refractivity contribution is 6.25. The van der Waals surface area contributed by atoms with E-state index < -0.39 is 0 Å². The first-order valence-corrected chi connectivity index (χ1v) is 9.82. The third kappa shape index (κ3) is 5.58. The molecule has 0 amide bonds. The molecule has 0 bridgehead atoms. The summed E-state index contributed by atoms with van der Waals surface area (Å²) in [5.41, 5.74) is 2.70. The Kier molecular flexibility index (Phi) is 8.24. The van der Waals surface area contributed by atoms with Gasteiger partial charge in [-0.3, -0.25) is 0 Å². The summed E-state index contributed by atoms with van der Waals surface area (Å²) in [6, 6.07) is 3.18. The molecule has 1 saturated carbocycles. The maximum Gasteiger partial charge on any atom is 0.129 e. The van der Waals surface area contributed by atoms with Gasteiger partial charge in [-0.25, -0.2) is 8.78 Å². The van der Waals surface area contributed by atoms with E-state index in [0.717, 1.165) is 69.3 Å². The number of allylic oxidation sites excluding steroid dienone is 1. The number of benzene rings is 1. The van der Waals surface area contributed by atoms with Gasteiger partial charge in [-0.15, -0.1) is 0 Å². The molecule has 0 atom stereocenters. The van der Waals surface area contributed by atoms with Crippen LogP contribution in [0.5, 0.6) is 0 Å². The molecule has 0 aromatic heterocycles. The Hall–Kier alpha value is -0.890. The minimum atomic E-state index is -0.351. The van der Waals surface area contributed by atoms with E-state index >= 15 is 0 Å². The first-order chi connectivity index (χ1) is 11.7. The molecule has 1 aromatic carbocycles. The molecule has 3 heteroatoms. The molecule has 0 spiro atoms. The predicted octanol–water partition coefficient (Wildman–Crippen LogP) is 7.50. The first kappa shape index (κ1) is 19.4. The molecule has 1 aliphatic carbocycles. The van der Waals surface area contributed by atoms with Crippen LogP contribution in [0.3, 0.4) is 0 Å². The van der Waals surface area contributed by atoms with Gasteiger partial charge in [0.05, 0.1) is 0 Å². The van der Waals surface area contributed by atoms with Crippen LogP contribution >= 0.6 is 11.6 Å². The third-order valence-electron chi connectivity index (χ3n) is 5.34. The van der Waals surface area contributed by atoms with Crippen LogP contribution in [-0.2, 0) is 6.42 Å². The molecule has 0 radical (unpaired) electrons. The molecule has 0 unspecified atom stereocenters. The molecule has 0 nitrogen and oxygen atoms in total. The normalized spacial score (nSPS) is 21.5. The Morgan fingerprint density at radius 3 is 2.33 bits per heavy atom. The van der Waals surface area contributed by atoms with E-state index in [4.69, 9.17) is 11.6 Å². The molecule has 24 heavy (non-hydrogen) atoms. The maximum absolute atomic E-state index is 14.3. The molecule has 1 aliphatic rings. The maximum atomic E-state index is 14.3. The van der Waals surface area contributed by atoms with Gasteiger partial charge in [-0.05, 0) is 80.9 Å². The van der Waals surface area contributed by atoms with Crippen LogP contribution in [0, 0.1) is 17.6 Å². The van der Waals surface area contributed by atoms with Gasteiger partial charge in [0.1, 0.15) is 11.6 Å². The molecular weight excluding hydrogens is 326 g/mol. The Labute approximate surface area is 150 Å². The summed E-state index contributed by atoms with van der Waals surface area (Å²) in [4.78, 5) is 0. The molecule has 0 N–H and O–H groups in total. The van der Waals surface area contributed by atoms with E-state index in [2.05, 4.69) is 6.92 Å². The number of hydrogen-bond acceptors (Lipinski definition) is 0. The van der Waals surface area contributed by atoms with Crippen LogP contribution in [0.1, 0.15) is 81.8 Å². The van der Waals surface area contributed by atoms with Gasteiger partial charge in [0, 0.05) is 11.1 Å². The van der Waals surface area contributed by atoms with Crippen molar-refractivity contribution in [2.75, 3.05) is 0 Å². The van der Waals surface area contributed by atoms with Crippen molar-refractivity contribution >= 4 is 11.6 Å². The van der Waals surface area contributed by atoms with Crippen molar-refractivity contribution in [3.8, 4) is 0 Å². The van der Waals surface area contributed by atoms with Crippen LogP contribution < -0.4 is 0 Å². The standard InChI is InChI=1S/C21H29ClF2/c1-2-3-4-8-19-20(23)14-18(15-21(19)24)17-11-9-16(10-12-17)7-5-6-13-22/h6,13-17H,2-5,7-12H2,1H3. The van der Waals surface area contributed by atoms with Crippen molar-refractivity contribution in [1.29, 1.82) is 0 Å². The Bertz CT molecular complexity index is 508. The summed E-state index contributed by atoms with van der Waals surface area (Å²) in [7, 11) is 0. The highest BCUT2D eigenvalue weighted by Crippen LogP contribution is 2.38. The van der Waals surface area contributed by atoms with E-state index in [1.165, 1.54) is 0 Å². The lowest BCUT2D eigenvalue weighted by molar-refractivity contribution is 0.311. The van der Waals surface area contributed by atoms with Gasteiger partial charge in [0.25, 0.3) is 0 Å². The molecular formula is C21H29ClF2. The average molecular weight is 355 g/mol. The van der Waals surface area contributed by atoms with Crippen LogP contribution in [0.4, 0.5) is 8.78 Å². The van der Waals surface area contributed by atoms with Gasteiger partial charge in [-0.1, -0.05) is 37.4 Å². The van der Waals surface area contributed by atoms with Gasteiger partial charge in [0.15, 0.2) is 0 Å². The van der Waals surface area contributed by atoms with Crippen molar-refractivity contribution in [2.24, 2.45) is 5.92 Å². The molecule has 2 rings (SSSR count). The predicted molar refractivity (Wildman–Crippen MR) is 98.5 cm³/mol. The lowest BCUT2D eigenvalue weighted by Gasteiger charge is -2.29. The highest BCUT2D eigenvalue weighted by Gasteiger charge is 2.23. The van der Waals surface area contributed by atoms with E-state index in [-0.39, 0.29) is 17.2 Å². The summed E-state index contributed by atoms with van der Waals surface area (Å²) in [5, 5.41) is 0. The second kappa shape index (κ2) is 10.2. The summed E-state index contributed by atoms with van der Waals surface area (Å²) >= 11 is 5.55. The lowest BCUT2D eigenvalue weighted by Crippen LogP contribution is -2.14. The van der Waals surface area contributed by atoms with Crippen molar-refractivity contribution in [3.63, 3.8) is 0 Å². The number of halogens is 3. The van der Waals surface area contributed by atoms with Crippen molar-refractivity contribution in [2.45, 2.75) is 77.0 Å². The summed E-state index contributed by atoms with van der Waals surface area (Å²) in [6.07, 6.45) is 12.0. The third-order valence-corrected chi connectivity index (χ3v) is 5.52. The van der Waals surface area contributed by atoms with Crippen molar-refractivity contribution in [3.05, 3.63) is 46.5 Å². The largest absolute Gasteiger partial charge is 0.207 e. The van der Waals surface area contributed by atoms with Crippen LogP contribution in [0.25, 0.3) is 0 Å². The Morgan fingerprint density at radius 1 is 1.08 bits per heavy atom. The van der Waals surface area contributed by atoms with E-state index in [9.17, 15) is 8.78 Å². The smallest absolute Gasteiger partial charge is 0.129 e. The fourth-order valence-corrected chi connectivity index (χ4v) is 3.95. The second-order valence-electron chi connectivity index (χ2n) is 7.08. The zero-order chi connectivity index (χ0) is 17.4. The Balaban J connectivity index is 1.93. The van der Waals surface area contributed by atoms with Crippen molar-refractivity contribution < 1.29 is 8.78 Å². The first-order valence-electron chi connectivity index (χ1n) is 9.38. The monoisotopic (exact) mass is 354 g/mol. The highest BCUT2D eigenvalue weighted by atomic mass is 35.5. The molecule has 0 saturated heterocycles. The van der Waals surface area contributed by atoms with Gasteiger partial charge in [-0.2, -0.15) is 0 Å². The number of rotatable bonds is 8. The SMILES string of the molecule is CCCCCc1c(F)cc(C2CCC(CCC=CCl)CC2)cc1F. The second-order valence-corrected chi connectivity index (χ2v) is 7.33. The zero-order valence-electron chi connectivity index (χ0n) is 14.7. The van der Waals surface area contributed by atoms with Crippen molar-refractivity contribution in [1.82, 2.24) is 0 Å². The average Bonchev–Trinajstić information content (AvgIpc) is 2.58. The minimum absolute atomic E-state index is 0.272. The van der Waals surface area contributed by atoms with E-state index in [1.807, 2.05) is 6.08 Å². The fraction of sp³-hybridized carbons (Fsp3) is 0.619. The zero-order valence-corrected chi connectivity index (χ0v) is 15.4. The number of unbranched alkanes of at least 4 members (excludes halogenated alkanes) is 2. The lowest BCUT2D eigenvalue weighted by atomic mass is 9.77. The minimum Gasteiger partial charge on any atom is -0.207 e. The van der Waals surface area contributed by atoms with Crippen LogP contribution in [0.2, 0.25) is 0 Å². The quantitative estimate of drug-likeness (QED) is 0.424. The summed E-state index contributed by atoms with van der Waals surface area (Å²) in [6.45, 7) is 2.10. The fourth-order valence-electron chi connectivity index (χ4n) is 3.83. The molecule has 0 aliphatic heterocycles. The molecule has 1 fully saturated rings. The topological polar surface area (TPSA) is 0 Å². The van der Waals surface area contributed by atoms with E-state index in [1.54, 1.807) is 17.7 Å². The van der Waals surface area contributed by atoms with Gasteiger partial charge >= 0.3 is 0 Å². The molecule has 1 aromatic rings. The molecule has 0 heterocycles. The Morgan fingerprint density at radius 2 is 1.75 bits per heavy atom. The van der Waals surface area contributed by atoms with Crippen LogP contribution in [-0.4, -0.2) is 0 Å². The molecule has 134 valence electrons. The van der Waals surface area contributed by atoms with Gasteiger partial charge < -0.3 is 0 Å². The summed E-state index contributed by atoms with van der Waals surface area (Å²) in [5.74, 6) is 0.321. The van der Waals surface area contributed by atoms with E-state index in [0.29, 0.717) is 12.3 Å². The number of hydrogen-bond donors (Lipinski definition) is 0. The van der Waals surface area contributed by atoms with Crippen LogP contribution in [0.15, 0.2) is 23.7 Å². The summed E-state index contributed by atoms with van der Waals surface area (Å²) < 4.78 is 28.6.